The van der Waals surface area contributed by atoms with Crippen LogP contribution >= 0.6 is 0 Å². The number of imide groups is 1. The van der Waals surface area contributed by atoms with Gasteiger partial charge < -0.3 is 5.32 Å². The van der Waals surface area contributed by atoms with Gasteiger partial charge in [0.15, 0.2) is 0 Å². The number of urea groups is 1. The molecule has 1 saturated heterocycles. The molecule has 0 radical (unpaired) electrons. The Balaban J connectivity index is 2.23. The Morgan fingerprint density at radius 2 is 1.88 bits per heavy atom. The molecule has 1 atom stereocenters. The summed E-state index contributed by atoms with van der Waals surface area (Å²) in [5, 5.41) is 3.29. The number of hydrogen-bond acceptors (Lipinski definition) is 3. The van der Waals surface area contributed by atoms with E-state index in [4.69, 9.17) is 0 Å². The maximum atomic E-state index is 13.6. The zero-order valence-electron chi connectivity index (χ0n) is 13.5. The van der Waals surface area contributed by atoms with Crippen LogP contribution in [0.5, 0.6) is 0 Å². The van der Waals surface area contributed by atoms with Crippen molar-refractivity contribution >= 4 is 17.8 Å². The van der Waals surface area contributed by atoms with E-state index in [1.165, 1.54) is 0 Å². The minimum Gasteiger partial charge on any atom is -0.318 e. The first kappa shape index (κ1) is 18.8. The van der Waals surface area contributed by atoms with Crippen LogP contribution in [0.3, 0.4) is 0 Å². The lowest BCUT2D eigenvalue weighted by Gasteiger charge is -2.29. The van der Waals surface area contributed by atoms with Gasteiger partial charge in [0.2, 0.25) is 5.91 Å². The van der Waals surface area contributed by atoms with Crippen molar-refractivity contribution in [3.8, 4) is 0 Å². The molecule has 25 heavy (non-hydrogen) atoms. The highest BCUT2D eigenvalue weighted by molar-refractivity contribution is 6.09. The molecule has 2 N–H and O–H groups in total. The minimum absolute atomic E-state index is 0.145. The molecular formula is C16H18F3N3O3. The van der Waals surface area contributed by atoms with Crippen molar-refractivity contribution in [1.82, 2.24) is 15.5 Å². The molecule has 9 heteroatoms. The Hall–Kier alpha value is -2.58. The van der Waals surface area contributed by atoms with Gasteiger partial charge in [-0.15, -0.1) is 0 Å². The first-order valence-corrected chi connectivity index (χ1v) is 7.77. The molecule has 1 fully saturated rings. The summed E-state index contributed by atoms with van der Waals surface area (Å²) in [5.41, 5.74) is -2.94. The summed E-state index contributed by atoms with van der Waals surface area (Å²) in [4.78, 5) is 36.7. The van der Waals surface area contributed by atoms with Gasteiger partial charge in [0.1, 0.15) is 0 Å². The van der Waals surface area contributed by atoms with Gasteiger partial charge in [-0.25, -0.2) is 4.79 Å². The topological polar surface area (TPSA) is 78.5 Å². The highest BCUT2D eigenvalue weighted by atomic mass is 19.4. The van der Waals surface area contributed by atoms with E-state index >= 15 is 0 Å². The third-order valence-corrected chi connectivity index (χ3v) is 3.80. The van der Waals surface area contributed by atoms with E-state index in [1.54, 1.807) is 47.9 Å². The fourth-order valence-corrected chi connectivity index (χ4v) is 2.48. The lowest BCUT2D eigenvalue weighted by Crippen LogP contribution is -2.69. The molecule has 2 rings (SSSR count). The average Bonchev–Trinajstić information content (AvgIpc) is 2.77. The molecular weight excluding hydrogens is 339 g/mol. The van der Waals surface area contributed by atoms with Gasteiger partial charge in [-0.2, -0.15) is 13.2 Å². The first-order chi connectivity index (χ1) is 11.7. The predicted octanol–water partition coefficient (Wildman–Crippen LogP) is 1.96. The molecule has 6 nitrogen and oxygen atoms in total. The Morgan fingerprint density at radius 3 is 2.44 bits per heavy atom. The van der Waals surface area contributed by atoms with Crippen molar-refractivity contribution in [3.05, 3.63) is 35.9 Å². The van der Waals surface area contributed by atoms with Gasteiger partial charge in [0.05, 0.1) is 6.42 Å². The number of benzene rings is 1. The van der Waals surface area contributed by atoms with Gasteiger partial charge >= 0.3 is 12.2 Å². The molecule has 1 heterocycles. The SMILES string of the molecule is CCCCN1C(=O)N[C@](NC(=O)Cc2ccccc2)(C(F)(F)F)C1=O. The van der Waals surface area contributed by atoms with E-state index in [1.807, 2.05) is 0 Å². The van der Waals surface area contributed by atoms with Crippen LogP contribution in [-0.4, -0.2) is 41.1 Å². The zero-order chi connectivity index (χ0) is 18.7. The van der Waals surface area contributed by atoms with Crippen LogP contribution in [-0.2, 0) is 16.0 Å². The predicted molar refractivity (Wildman–Crippen MR) is 82.2 cm³/mol. The summed E-state index contributed by atoms with van der Waals surface area (Å²) in [5.74, 6) is -2.53. The molecule has 1 aliphatic heterocycles. The number of carbonyl (C=O) groups is 3. The molecule has 1 aromatic carbocycles. The highest BCUT2D eigenvalue weighted by Gasteiger charge is 2.68. The standard InChI is InChI=1S/C16H18F3N3O3/c1-2-3-9-22-13(24)15(16(17,18)19,21-14(22)25)20-12(23)10-11-7-5-4-6-8-11/h4-8H,2-3,9-10H2,1H3,(H,20,23)(H,21,25)/t15-/m0/s1. The van der Waals surface area contributed by atoms with Crippen molar-refractivity contribution in [2.45, 2.75) is 38.0 Å². The van der Waals surface area contributed by atoms with Crippen LogP contribution in [0.25, 0.3) is 0 Å². The maximum absolute atomic E-state index is 13.6. The van der Waals surface area contributed by atoms with Gasteiger partial charge in [-0.1, -0.05) is 43.7 Å². The summed E-state index contributed by atoms with van der Waals surface area (Å²) in [6.07, 6.45) is -4.56. The second-order valence-electron chi connectivity index (χ2n) is 5.70. The number of hydrogen-bond donors (Lipinski definition) is 2. The van der Waals surface area contributed by atoms with Crippen LogP contribution in [0.2, 0.25) is 0 Å². The second-order valence-corrected chi connectivity index (χ2v) is 5.70. The number of alkyl halides is 3. The summed E-state index contributed by atoms with van der Waals surface area (Å²) in [6, 6.07) is 6.94. The van der Waals surface area contributed by atoms with Crippen LogP contribution in [0.1, 0.15) is 25.3 Å². The smallest absolute Gasteiger partial charge is 0.318 e. The van der Waals surface area contributed by atoms with Gasteiger partial charge in [-0.3, -0.25) is 19.8 Å². The quantitative estimate of drug-likeness (QED) is 0.764. The summed E-state index contributed by atoms with van der Waals surface area (Å²) in [6.45, 7) is 1.63. The van der Waals surface area contributed by atoms with Gasteiger partial charge in [-0.05, 0) is 12.0 Å². The Labute approximate surface area is 142 Å². The van der Waals surface area contributed by atoms with Gasteiger partial charge in [0.25, 0.3) is 11.6 Å². The molecule has 0 saturated carbocycles. The number of nitrogens with zero attached hydrogens (tertiary/aromatic N) is 1. The minimum atomic E-state index is -5.17. The number of amides is 4. The molecule has 0 aromatic heterocycles. The largest absolute Gasteiger partial charge is 0.440 e. The third-order valence-electron chi connectivity index (χ3n) is 3.80. The van der Waals surface area contributed by atoms with Crippen molar-refractivity contribution in [2.24, 2.45) is 0 Å². The van der Waals surface area contributed by atoms with Crippen molar-refractivity contribution in [2.75, 3.05) is 6.54 Å². The zero-order valence-corrected chi connectivity index (χ0v) is 13.5. The molecule has 0 spiro atoms. The molecule has 4 amide bonds. The molecule has 0 bridgehead atoms. The summed E-state index contributed by atoms with van der Waals surface area (Å²) < 4.78 is 40.7. The Kier molecular flexibility index (Phi) is 5.34. The number of halogens is 3. The molecule has 1 aliphatic rings. The van der Waals surface area contributed by atoms with E-state index in [2.05, 4.69) is 0 Å². The van der Waals surface area contributed by atoms with Crippen LogP contribution in [0.15, 0.2) is 30.3 Å². The average molecular weight is 357 g/mol. The van der Waals surface area contributed by atoms with E-state index in [-0.39, 0.29) is 13.0 Å². The van der Waals surface area contributed by atoms with Crippen molar-refractivity contribution in [1.29, 1.82) is 0 Å². The molecule has 0 aliphatic carbocycles. The van der Waals surface area contributed by atoms with Crippen LogP contribution < -0.4 is 10.6 Å². The third kappa shape index (κ3) is 3.75. The van der Waals surface area contributed by atoms with E-state index in [0.29, 0.717) is 23.3 Å². The van der Waals surface area contributed by atoms with Crippen LogP contribution in [0, 0.1) is 0 Å². The van der Waals surface area contributed by atoms with E-state index < -0.39 is 29.7 Å². The number of rotatable bonds is 6. The number of unbranched alkanes of at least 4 members (excludes halogenated alkanes) is 1. The number of nitrogens with one attached hydrogen (secondary N) is 2. The number of carbonyl (C=O) groups excluding carboxylic acids is 3. The summed E-state index contributed by atoms with van der Waals surface area (Å²) in [7, 11) is 0. The van der Waals surface area contributed by atoms with Crippen LogP contribution in [0.4, 0.5) is 18.0 Å². The van der Waals surface area contributed by atoms with Crippen molar-refractivity contribution in [3.63, 3.8) is 0 Å². The fourth-order valence-electron chi connectivity index (χ4n) is 2.48. The molecule has 1 aromatic rings. The van der Waals surface area contributed by atoms with Crippen molar-refractivity contribution < 1.29 is 27.6 Å². The lowest BCUT2D eigenvalue weighted by atomic mass is 10.1. The Bertz CT molecular complexity index is 664. The fraction of sp³-hybridized carbons (Fsp3) is 0.438. The van der Waals surface area contributed by atoms with E-state index in [9.17, 15) is 27.6 Å². The maximum Gasteiger partial charge on any atom is 0.440 e. The lowest BCUT2D eigenvalue weighted by molar-refractivity contribution is -0.204. The highest BCUT2D eigenvalue weighted by Crippen LogP contribution is 2.34. The first-order valence-electron chi connectivity index (χ1n) is 7.77. The monoisotopic (exact) mass is 357 g/mol. The Morgan fingerprint density at radius 1 is 1.24 bits per heavy atom. The van der Waals surface area contributed by atoms with E-state index in [0.717, 1.165) is 0 Å². The van der Waals surface area contributed by atoms with Gasteiger partial charge in [0, 0.05) is 6.54 Å². The summed E-state index contributed by atoms with van der Waals surface area (Å²) >= 11 is 0. The normalized spacial score (nSPS) is 20.6. The molecule has 136 valence electrons. The second kappa shape index (κ2) is 7.12. The molecule has 0 unspecified atom stereocenters.